The standard InChI is InChI=1S/C20H31N3O8S/c1-20(2,3)31-19(26)23(32(21,27)28)13-9-8-12-16(17(24)29-4)22-18(25)30-14-15-10-6-5-7-11-15/h5-7,10-11,16H,8-9,12-14H2,1-4H3,(H,22,25)(H2,21,27,28)/t16-/m0/s1. The molecular weight excluding hydrogens is 442 g/mol. The van der Waals surface area contributed by atoms with E-state index in [-0.39, 0.29) is 32.4 Å². The average Bonchev–Trinajstić information content (AvgIpc) is 2.69. The van der Waals surface area contributed by atoms with E-state index in [1.54, 1.807) is 45.0 Å². The van der Waals surface area contributed by atoms with E-state index in [1.165, 1.54) is 7.11 Å². The minimum atomic E-state index is -4.33. The first-order chi connectivity index (χ1) is 14.8. The van der Waals surface area contributed by atoms with Crippen LogP contribution in [0.15, 0.2) is 30.3 Å². The topological polar surface area (TPSA) is 154 Å². The number of nitrogens with zero attached hydrogens (tertiary/aromatic N) is 1. The van der Waals surface area contributed by atoms with Gasteiger partial charge in [-0.25, -0.2) is 19.5 Å². The van der Waals surface area contributed by atoms with Crippen LogP contribution in [-0.2, 0) is 35.8 Å². The molecule has 0 unspecified atom stereocenters. The largest absolute Gasteiger partial charge is 0.467 e. The predicted molar refractivity (Wildman–Crippen MR) is 115 cm³/mol. The molecule has 0 aliphatic heterocycles. The molecule has 1 atom stereocenters. The maximum Gasteiger partial charge on any atom is 0.425 e. The third kappa shape index (κ3) is 10.4. The van der Waals surface area contributed by atoms with Crippen molar-refractivity contribution in [1.29, 1.82) is 0 Å². The number of amides is 2. The highest BCUT2D eigenvalue weighted by molar-refractivity contribution is 7.87. The van der Waals surface area contributed by atoms with Crippen LogP contribution >= 0.6 is 0 Å². The van der Waals surface area contributed by atoms with E-state index in [4.69, 9.17) is 19.3 Å². The number of rotatable bonds is 10. The van der Waals surface area contributed by atoms with Crippen molar-refractivity contribution in [2.75, 3.05) is 13.7 Å². The van der Waals surface area contributed by atoms with Gasteiger partial charge in [0.2, 0.25) is 0 Å². The van der Waals surface area contributed by atoms with E-state index in [2.05, 4.69) is 5.32 Å². The first-order valence-electron chi connectivity index (χ1n) is 9.92. The van der Waals surface area contributed by atoms with Gasteiger partial charge in [-0.05, 0) is 45.6 Å². The summed E-state index contributed by atoms with van der Waals surface area (Å²) < 4.78 is 38.7. The molecule has 32 heavy (non-hydrogen) atoms. The fraction of sp³-hybridized carbons (Fsp3) is 0.550. The summed E-state index contributed by atoms with van der Waals surface area (Å²) in [7, 11) is -3.16. The lowest BCUT2D eigenvalue weighted by Gasteiger charge is -2.25. The molecule has 0 radical (unpaired) electrons. The minimum absolute atomic E-state index is 0.0276. The molecule has 2 amide bonds. The van der Waals surface area contributed by atoms with Crippen LogP contribution in [0.4, 0.5) is 9.59 Å². The summed E-state index contributed by atoms with van der Waals surface area (Å²) in [4.78, 5) is 36.1. The van der Waals surface area contributed by atoms with E-state index >= 15 is 0 Å². The third-order valence-electron chi connectivity index (χ3n) is 4.00. The Kier molecular flexibility index (Phi) is 10.4. The average molecular weight is 474 g/mol. The van der Waals surface area contributed by atoms with Gasteiger partial charge in [0, 0.05) is 6.54 Å². The molecule has 0 aliphatic rings. The zero-order valence-electron chi connectivity index (χ0n) is 18.7. The fourth-order valence-electron chi connectivity index (χ4n) is 2.54. The molecule has 0 spiro atoms. The number of nitrogens with one attached hydrogen (secondary N) is 1. The predicted octanol–water partition coefficient (Wildman–Crippen LogP) is 2.07. The van der Waals surface area contributed by atoms with Crippen LogP contribution in [0.2, 0.25) is 0 Å². The van der Waals surface area contributed by atoms with E-state index in [0.29, 0.717) is 4.31 Å². The number of benzene rings is 1. The van der Waals surface area contributed by atoms with Gasteiger partial charge in [0.25, 0.3) is 0 Å². The quantitative estimate of drug-likeness (QED) is 0.297. The number of hydrogen-bond acceptors (Lipinski definition) is 8. The summed E-state index contributed by atoms with van der Waals surface area (Å²) in [5.74, 6) is -0.683. The van der Waals surface area contributed by atoms with Crippen molar-refractivity contribution in [2.24, 2.45) is 5.14 Å². The number of esters is 1. The number of nitrogens with two attached hydrogens (primary N) is 1. The number of unbranched alkanes of at least 4 members (excludes halogenated alkanes) is 1. The second kappa shape index (κ2) is 12.2. The Morgan fingerprint density at radius 1 is 1.12 bits per heavy atom. The SMILES string of the molecule is COC(=O)[C@H](CCCCN(C(=O)OC(C)(C)C)S(N)(=O)=O)NC(=O)OCc1ccccc1. The molecule has 1 rings (SSSR count). The van der Waals surface area contributed by atoms with Crippen molar-refractivity contribution in [3.63, 3.8) is 0 Å². The van der Waals surface area contributed by atoms with Gasteiger partial charge in [0.15, 0.2) is 0 Å². The summed E-state index contributed by atoms with van der Waals surface area (Å²) in [6.45, 7) is 4.56. The molecule has 0 fully saturated rings. The van der Waals surface area contributed by atoms with E-state index in [0.717, 1.165) is 5.56 Å². The van der Waals surface area contributed by atoms with Gasteiger partial charge in [-0.3, -0.25) is 0 Å². The smallest absolute Gasteiger partial charge is 0.425 e. The van der Waals surface area contributed by atoms with Crippen molar-refractivity contribution >= 4 is 28.4 Å². The Hall–Kier alpha value is -2.86. The number of methoxy groups -OCH3 is 1. The highest BCUT2D eigenvalue weighted by Gasteiger charge is 2.29. The summed E-state index contributed by atoms with van der Waals surface area (Å²) in [5, 5.41) is 7.53. The molecule has 0 aromatic heterocycles. The van der Waals surface area contributed by atoms with Gasteiger partial charge in [-0.1, -0.05) is 30.3 Å². The van der Waals surface area contributed by atoms with Crippen LogP contribution in [0.25, 0.3) is 0 Å². The molecule has 1 aromatic carbocycles. The summed E-state index contributed by atoms with van der Waals surface area (Å²) in [6.07, 6.45) is -1.33. The van der Waals surface area contributed by atoms with Crippen molar-refractivity contribution < 1.29 is 37.0 Å². The van der Waals surface area contributed by atoms with Gasteiger partial charge in [0.1, 0.15) is 18.2 Å². The van der Waals surface area contributed by atoms with Crippen LogP contribution in [0.5, 0.6) is 0 Å². The van der Waals surface area contributed by atoms with Crippen LogP contribution in [0.1, 0.15) is 45.6 Å². The maximum absolute atomic E-state index is 12.1. The lowest BCUT2D eigenvalue weighted by molar-refractivity contribution is -0.143. The van der Waals surface area contributed by atoms with Gasteiger partial charge in [-0.15, -0.1) is 0 Å². The molecule has 0 aliphatic carbocycles. The highest BCUT2D eigenvalue weighted by Crippen LogP contribution is 2.13. The van der Waals surface area contributed by atoms with E-state index in [9.17, 15) is 22.8 Å². The number of carbonyl (C=O) groups is 3. The van der Waals surface area contributed by atoms with Crippen molar-refractivity contribution in [2.45, 2.75) is 58.3 Å². The molecule has 1 aromatic rings. The van der Waals surface area contributed by atoms with Gasteiger partial charge in [-0.2, -0.15) is 12.7 Å². The summed E-state index contributed by atoms with van der Waals surface area (Å²) >= 11 is 0. The van der Waals surface area contributed by atoms with Crippen molar-refractivity contribution in [1.82, 2.24) is 9.62 Å². The molecule has 0 heterocycles. The minimum Gasteiger partial charge on any atom is -0.467 e. The van der Waals surface area contributed by atoms with Gasteiger partial charge in [0.05, 0.1) is 7.11 Å². The second-order valence-corrected chi connectivity index (χ2v) is 9.35. The first kappa shape index (κ1) is 27.2. The van der Waals surface area contributed by atoms with E-state index in [1.807, 2.05) is 6.07 Å². The molecule has 3 N–H and O–H groups in total. The Morgan fingerprint density at radius 2 is 1.75 bits per heavy atom. The number of ether oxygens (including phenoxy) is 3. The van der Waals surface area contributed by atoms with Crippen LogP contribution in [-0.4, -0.2) is 56.2 Å². The molecule has 0 saturated heterocycles. The van der Waals surface area contributed by atoms with Crippen LogP contribution in [0.3, 0.4) is 0 Å². The Morgan fingerprint density at radius 3 is 2.28 bits per heavy atom. The number of hydrogen-bond donors (Lipinski definition) is 2. The Balaban J connectivity index is 2.60. The highest BCUT2D eigenvalue weighted by atomic mass is 32.2. The summed E-state index contributed by atoms with van der Waals surface area (Å²) in [6, 6.07) is 8.00. The zero-order valence-corrected chi connectivity index (χ0v) is 19.5. The fourth-order valence-corrected chi connectivity index (χ4v) is 3.17. The lowest BCUT2D eigenvalue weighted by Crippen LogP contribution is -2.45. The maximum atomic E-state index is 12.1. The monoisotopic (exact) mass is 473 g/mol. The normalized spacial score (nSPS) is 12.4. The molecule has 12 heteroatoms. The van der Waals surface area contributed by atoms with Crippen LogP contribution in [0, 0.1) is 0 Å². The number of carbonyl (C=O) groups excluding carboxylic acids is 3. The lowest BCUT2D eigenvalue weighted by atomic mass is 10.1. The Labute approximate surface area is 188 Å². The Bertz CT molecular complexity index is 869. The molecular formula is C20H31N3O8S. The third-order valence-corrected chi connectivity index (χ3v) is 4.94. The van der Waals surface area contributed by atoms with Crippen LogP contribution < -0.4 is 10.5 Å². The van der Waals surface area contributed by atoms with E-state index < -0.39 is 40.0 Å². The van der Waals surface area contributed by atoms with Gasteiger partial charge >= 0.3 is 28.4 Å². The van der Waals surface area contributed by atoms with Crippen molar-refractivity contribution in [3.8, 4) is 0 Å². The summed E-state index contributed by atoms with van der Waals surface area (Å²) in [5.41, 5.74) is -0.123. The molecule has 0 saturated carbocycles. The first-order valence-corrected chi connectivity index (χ1v) is 11.4. The number of alkyl carbamates (subject to hydrolysis) is 1. The molecule has 11 nitrogen and oxygen atoms in total. The molecule has 180 valence electrons. The van der Waals surface area contributed by atoms with Crippen molar-refractivity contribution in [3.05, 3.63) is 35.9 Å². The zero-order chi connectivity index (χ0) is 24.4. The van der Waals surface area contributed by atoms with Gasteiger partial charge < -0.3 is 19.5 Å². The second-order valence-electron chi connectivity index (χ2n) is 7.88. The molecule has 0 bridgehead atoms.